The second-order valence-electron chi connectivity index (χ2n) is 10.7. The van der Waals surface area contributed by atoms with E-state index >= 15 is 0 Å². The van der Waals surface area contributed by atoms with Crippen molar-refractivity contribution in [2.75, 3.05) is 0 Å². The molecule has 30 heavy (non-hydrogen) atoms. The van der Waals surface area contributed by atoms with E-state index in [4.69, 9.17) is 16.3 Å². The first-order chi connectivity index (χ1) is 14.1. The lowest BCUT2D eigenvalue weighted by Crippen LogP contribution is -2.58. The van der Waals surface area contributed by atoms with Crippen LogP contribution >= 0.6 is 11.6 Å². The molecule has 5 aliphatic rings. The molecular formula is C25H31ClO4. The number of ether oxygens (including phenoxy) is 1. The van der Waals surface area contributed by atoms with Crippen LogP contribution in [0.25, 0.3) is 0 Å². The number of hydrogen-bond acceptors (Lipinski definition) is 4. The van der Waals surface area contributed by atoms with Gasteiger partial charge in [0.2, 0.25) is 0 Å². The normalized spacial score (nSPS) is 48.4. The van der Waals surface area contributed by atoms with Crippen LogP contribution < -0.4 is 0 Å². The van der Waals surface area contributed by atoms with E-state index < -0.39 is 5.60 Å². The van der Waals surface area contributed by atoms with Crippen molar-refractivity contribution in [3.8, 4) is 0 Å². The van der Waals surface area contributed by atoms with Crippen molar-refractivity contribution in [3.05, 3.63) is 22.8 Å². The first kappa shape index (κ1) is 20.5. The van der Waals surface area contributed by atoms with Gasteiger partial charge in [-0.2, -0.15) is 0 Å². The zero-order valence-electron chi connectivity index (χ0n) is 18.3. The fourth-order valence-corrected chi connectivity index (χ4v) is 8.45. The summed E-state index contributed by atoms with van der Waals surface area (Å²) in [6, 6.07) is 0. The lowest BCUT2D eigenvalue weighted by atomic mass is 9.47. The molecule has 5 heteroatoms. The summed E-state index contributed by atoms with van der Waals surface area (Å²) in [6.07, 6.45) is 8.49. The third-order valence-corrected chi connectivity index (χ3v) is 10.1. The van der Waals surface area contributed by atoms with Gasteiger partial charge in [-0.3, -0.25) is 14.4 Å². The number of esters is 1. The highest BCUT2D eigenvalue weighted by molar-refractivity contribution is 6.32. The maximum atomic E-state index is 12.9. The van der Waals surface area contributed by atoms with Gasteiger partial charge in [-0.25, -0.2) is 0 Å². The van der Waals surface area contributed by atoms with E-state index in [1.807, 2.05) is 6.08 Å². The monoisotopic (exact) mass is 430 g/mol. The van der Waals surface area contributed by atoms with Crippen LogP contribution in [0, 0.1) is 40.4 Å². The Morgan fingerprint density at radius 1 is 1.17 bits per heavy atom. The van der Waals surface area contributed by atoms with Crippen molar-refractivity contribution in [1.29, 1.82) is 0 Å². The number of halogens is 1. The summed E-state index contributed by atoms with van der Waals surface area (Å²) in [4.78, 5) is 37.6. The lowest BCUT2D eigenvalue weighted by Gasteiger charge is -2.57. The minimum absolute atomic E-state index is 0.0315. The Hall–Kier alpha value is -1.42. The molecule has 3 fully saturated rings. The van der Waals surface area contributed by atoms with Gasteiger partial charge in [0.15, 0.2) is 17.2 Å². The van der Waals surface area contributed by atoms with E-state index in [2.05, 4.69) is 19.9 Å². The molecule has 8 atom stereocenters. The number of fused-ring (bicyclic) bond motifs is 7. The molecule has 4 nitrogen and oxygen atoms in total. The molecule has 3 saturated carbocycles. The lowest BCUT2D eigenvalue weighted by molar-refractivity contribution is -0.186. The molecule has 2 unspecified atom stereocenters. The quantitative estimate of drug-likeness (QED) is 0.591. The SMILES string of the molecule is CCC(=O)O[C@]1(C(C)=O)CC[C@H]2[C@@H]3C=C(Cl)C4=CC(=O)C5CC5[C@@]4(C)[C@@H]3CC[C@@]21C. The van der Waals surface area contributed by atoms with Gasteiger partial charge in [-0.15, -0.1) is 0 Å². The summed E-state index contributed by atoms with van der Waals surface area (Å²) in [6.45, 7) is 7.83. The Morgan fingerprint density at radius 2 is 1.87 bits per heavy atom. The fraction of sp³-hybridized carbons (Fsp3) is 0.720. The topological polar surface area (TPSA) is 60.4 Å². The van der Waals surface area contributed by atoms with E-state index in [1.54, 1.807) is 13.8 Å². The van der Waals surface area contributed by atoms with Crippen LogP contribution in [-0.4, -0.2) is 23.1 Å². The van der Waals surface area contributed by atoms with Gasteiger partial charge in [0, 0.05) is 28.2 Å². The maximum absolute atomic E-state index is 12.9. The van der Waals surface area contributed by atoms with E-state index in [9.17, 15) is 14.4 Å². The average molecular weight is 431 g/mol. The number of allylic oxidation sites excluding steroid dienone is 4. The van der Waals surface area contributed by atoms with E-state index in [1.165, 1.54) is 0 Å². The van der Waals surface area contributed by atoms with Crippen molar-refractivity contribution in [2.24, 2.45) is 40.4 Å². The Morgan fingerprint density at radius 3 is 2.53 bits per heavy atom. The smallest absolute Gasteiger partial charge is 0.306 e. The second kappa shape index (κ2) is 6.31. The van der Waals surface area contributed by atoms with Gasteiger partial charge in [-0.05, 0) is 74.3 Å². The third-order valence-electron chi connectivity index (χ3n) is 9.76. The van der Waals surface area contributed by atoms with Gasteiger partial charge in [0.1, 0.15) is 0 Å². The highest BCUT2D eigenvalue weighted by Crippen LogP contribution is 2.72. The summed E-state index contributed by atoms with van der Waals surface area (Å²) >= 11 is 6.81. The predicted molar refractivity (Wildman–Crippen MR) is 114 cm³/mol. The van der Waals surface area contributed by atoms with E-state index in [0.29, 0.717) is 23.3 Å². The predicted octanol–water partition coefficient (Wildman–Crippen LogP) is 5.00. The minimum atomic E-state index is -1.03. The standard InChI is InChI=1S/C25H31ClO4/c1-5-22(29)30-25(13(2)27)9-7-16-14-11-20(26)19-12-21(28)15-10-18(15)24(19,4)17(14)6-8-23(16,25)3/h11-12,14-18H,5-10H2,1-4H3/t14-,15?,16-,17+,18?,23-,24+,25-/m0/s1. The van der Waals surface area contributed by atoms with Crippen LogP contribution in [0.4, 0.5) is 0 Å². The molecule has 0 bridgehead atoms. The molecule has 162 valence electrons. The molecule has 0 N–H and O–H groups in total. The molecule has 0 saturated heterocycles. The van der Waals surface area contributed by atoms with Crippen molar-refractivity contribution < 1.29 is 19.1 Å². The van der Waals surface area contributed by atoms with Crippen LogP contribution in [0.2, 0.25) is 0 Å². The van der Waals surface area contributed by atoms with Gasteiger partial charge >= 0.3 is 5.97 Å². The number of carbonyl (C=O) groups excluding carboxylic acids is 3. The van der Waals surface area contributed by atoms with Crippen molar-refractivity contribution in [2.45, 2.75) is 71.8 Å². The largest absolute Gasteiger partial charge is 0.450 e. The molecule has 0 aromatic heterocycles. The number of Topliss-reactive ketones (excluding diaryl/α,β-unsaturated/α-hetero) is 1. The minimum Gasteiger partial charge on any atom is -0.450 e. The van der Waals surface area contributed by atoms with Crippen molar-refractivity contribution in [1.82, 2.24) is 0 Å². The molecule has 0 amide bonds. The molecule has 0 heterocycles. The molecule has 0 aliphatic heterocycles. The summed E-state index contributed by atoms with van der Waals surface area (Å²) in [5.41, 5.74) is -0.454. The van der Waals surface area contributed by atoms with Gasteiger partial charge in [-0.1, -0.05) is 38.4 Å². The summed E-state index contributed by atoms with van der Waals surface area (Å²) in [5.74, 6) is 1.37. The number of ketones is 2. The van der Waals surface area contributed by atoms with Crippen molar-refractivity contribution in [3.63, 3.8) is 0 Å². The van der Waals surface area contributed by atoms with Crippen molar-refractivity contribution >= 4 is 29.1 Å². The highest BCUT2D eigenvalue weighted by atomic mass is 35.5. The molecule has 0 radical (unpaired) electrons. The van der Waals surface area contributed by atoms with E-state index in [0.717, 1.165) is 31.3 Å². The van der Waals surface area contributed by atoms with Gasteiger partial charge in [0.25, 0.3) is 0 Å². The molecule has 0 aromatic carbocycles. The molecule has 5 aliphatic carbocycles. The second-order valence-corrected chi connectivity index (χ2v) is 11.1. The third kappa shape index (κ3) is 2.32. The first-order valence-corrected chi connectivity index (χ1v) is 11.8. The van der Waals surface area contributed by atoms with Crippen LogP contribution in [0.5, 0.6) is 0 Å². The Kier molecular flexibility index (Phi) is 4.31. The molecule has 5 rings (SSSR count). The number of carbonyl (C=O) groups is 3. The summed E-state index contributed by atoms with van der Waals surface area (Å²) < 4.78 is 5.97. The molecule has 0 spiro atoms. The number of rotatable bonds is 3. The van der Waals surface area contributed by atoms with Gasteiger partial charge < -0.3 is 4.74 Å². The Labute approximate surface area is 183 Å². The van der Waals surface area contributed by atoms with Crippen LogP contribution in [0.3, 0.4) is 0 Å². The Balaban J connectivity index is 1.58. The zero-order valence-corrected chi connectivity index (χ0v) is 19.1. The fourth-order valence-electron chi connectivity index (χ4n) is 8.05. The van der Waals surface area contributed by atoms with Gasteiger partial charge in [0.05, 0.1) is 0 Å². The number of hydrogen-bond donors (Lipinski definition) is 0. The summed E-state index contributed by atoms with van der Waals surface area (Å²) in [7, 11) is 0. The Bertz CT molecular complexity index is 918. The first-order valence-electron chi connectivity index (χ1n) is 11.5. The summed E-state index contributed by atoms with van der Waals surface area (Å²) in [5, 5.41) is 0.715. The zero-order chi connectivity index (χ0) is 21.6. The molecular weight excluding hydrogens is 400 g/mol. The average Bonchev–Trinajstić information content (AvgIpc) is 3.45. The maximum Gasteiger partial charge on any atom is 0.306 e. The van der Waals surface area contributed by atoms with Crippen LogP contribution in [0.15, 0.2) is 22.8 Å². The van der Waals surface area contributed by atoms with Crippen LogP contribution in [-0.2, 0) is 19.1 Å². The van der Waals surface area contributed by atoms with Crippen LogP contribution in [0.1, 0.15) is 66.2 Å². The highest BCUT2D eigenvalue weighted by Gasteiger charge is 2.70. The van der Waals surface area contributed by atoms with E-state index in [-0.39, 0.29) is 52.5 Å². The molecule has 0 aromatic rings.